The first-order chi connectivity index (χ1) is 18.9. The smallest absolute Gasteiger partial charge is 0.244 e. The fraction of sp³-hybridized carbons (Fsp3) is 0.333. The summed E-state index contributed by atoms with van der Waals surface area (Å²) in [7, 11) is -3.89. The topological polar surface area (TPSA) is 86.8 Å². The second-order valence-electron chi connectivity index (χ2n) is 9.84. The first kappa shape index (κ1) is 31.3. The van der Waals surface area contributed by atoms with E-state index < -0.39 is 40.2 Å². The second-order valence-corrected chi connectivity index (χ2v) is 12.6. The third kappa shape index (κ3) is 8.38. The molecular formula is C30H35BrFN3O4S. The maximum atomic E-state index is 14.8. The number of carbonyl (C=O) groups is 2. The van der Waals surface area contributed by atoms with Gasteiger partial charge in [0, 0.05) is 29.0 Å². The van der Waals surface area contributed by atoms with Gasteiger partial charge in [0.25, 0.3) is 0 Å². The Labute approximate surface area is 244 Å². The molecule has 0 fully saturated rings. The van der Waals surface area contributed by atoms with Crippen molar-refractivity contribution in [3.63, 3.8) is 0 Å². The molecule has 0 spiro atoms. The summed E-state index contributed by atoms with van der Waals surface area (Å²) < 4.78 is 42.4. The average molecular weight is 633 g/mol. The van der Waals surface area contributed by atoms with Crippen molar-refractivity contribution in [2.24, 2.45) is 0 Å². The Bertz CT molecular complexity index is 1440. The van der Waals surface area contributed by atoms with E-state index in [1.807, 2.05) is 51.1 Å². The number of halogens is 2. The fourth-order valence-corrected chi connectivity index (χ4v) is 5.29. The van der Waals surface area contributed by atoms with Crippen LogP contribution in [0.3, 0.4) is 0 Å². The van der Waals surface area contributed by atoms with Crippen molar-refractivity contribution in [1.82, 2.24) is 10.2 Å². The fourth-order valence-electron chi connectivity index (χ4n) is 4.20. The largest absolute Gasteiger partial charge is 0.352 e. The molecule has 0 heterocycles. The number of anilines is 1. The highest BCUT2D eigenvalue weighted by Gasteiger charge is 2.34. The van der Waals surface area contributed by atoms with Crippen LogP contribution in [-0.2, 0) is 32.6 Å². The average Bonchev–Trinajstić information content (AvgIpc) is 2.91. The molecule has 0 saturated heterocycles. The minimum Gasteiger partial charge on any atom is -0.352 e. The highest BCUT2D eigenvalue weighted by molar-refractivity contribution is 9.10. The second kappa shape index (κ2) is 13.9. The molecule has 0 aliphatic heterocycles. The van der Waals surface area contributed by atoms with Crippen molar-refractivity contribution in [2.45, 2.75) is 52.2 Å². The lowest BCUT2D eigenvalue weighted by molar-refractivity contribution is -0.140. The number of nitrogens with zero attached hydrogens (tertiary/aromatic N) is 2. The maximum absolute atomic E-state index is 14.8. The molecular weight excluding hydrogens is 597 g/mol. The van der Waals surface area contributed by atoms with Gasteiger partial charge in [0.05, 0.1) is 11.9 Å². The molecule has 0 unspecified atom stereocenters. The summed E-state index contributed by atoms with van der Waals surface area (Å²) in [5.74, 6) is -1.55. The highest BCUT2D eigenvalue weighted by Crippen LogP contribution is 2.25. The number of carbonyl (C=O) groups excluding carboxylic acids is 2. The molecule has 0 aromatic heterocycles. The molecule has 2 amide bonds. The van der Waals surface area contributed by atoms with Gasteiger partial charge in [-0.2, -0.15) is 0 Å². The summed E-state index contributed by atoms with van der Waals surface area (Å²) in [6.45, 7) is 4.84. The molecule has 7 nitrogen and oxygen atoms in total. The minimum absolute atomic E-state index is 0.158. The molecule has 1 N–H and O–H groups in total. The number of rotatable bonds is 12. The molecule has 0 aliphatic rings. The van der Waals surface area contributed by atoms with Crippen LogP contribution in [0.5, 0.6) is 0 Å². The summed E-state index contributed by atoms with van der Waals surface area (Å²) in [6, 6.07) is 19.1. The Morgan fingerprint density at radius 2 is 1.68 bits per heavy atom. The van der Waals surface area contributed by atoms with E-state index >= 15 is 0 Å². The van der Waals surface area contributed by atoms with Gasteiger partial charge in [0.15, 0.2) is 0 Å². The molecule has 10 heteroatoms. The molecule has 214 valence electrons. The van der Waals surface area contributed by atoms with Crippen LogP contribution in [0.25, 0.3) is 0 Å². The van der Waals surface area contributed by atoms with Crippen molar-refractivity contribution < 1.29 is 22.4 Å². The van der Waals surface area contributed by atoms with E-state index in [0.717, 1.165) is 26.2 Å². The lowest BCUT2D eigenvalue weighted by Crippen LogP contribution is -2.54. The van der Waals surface area contributed by atoms with E-state index in [2.05, 4.69) is 21.2 Å². The lowest BCUT2D eigenvalue weighted by atomic mass is 10.0. The van der Waals surface area contributed by atoms with Crippen molar-refractivity contribution in [1.29, 1.82) is 0 Å². The van der Waals surface area contributed by atoms with Gasteiger partial charge in [0.2, 0.25) is 21.8 Å². The van der Waals surface area contributed by atoms with E-state index in [4.69, 9.17) is 0 Å². The molecule has 2 atom stereocenters. The number of benzene rings is 3. The van der Waals surface area contributed by atoms with E-state index in [1.54, 1.807) is 36.4 Å². The predicted molar refractivity (Wildman–Crippen MR) is 160 cm³/mol. The summed E-state index contributed by atoms with van der Waals surface area (Å²) in [6.07, 6.45) is 1.87. The molecule has 3 rings (SSSR count). The van der Waals surface area contributed by atoms with Crippen LogP contribution in [-0.4, -0.2) is 50.0 Å². The number of aryl methyl sites for hydroxylation is 1. The van der Waals surface area contributed by atoms with Crippen LogP contribution in [0.15, 0.2) is 77.3 Å². The Morgan fingerprint density at radius 1 is 1.02 bits per heavy atom. The zero-order chi connectivity index (χ0) is 29.4. The third-order valence-corrected chi connectivity index (χ3v) is 8.71. The summed E-state index contributed by atoms with van der Waals surface area (Å²) in [5, 5.41) is 2.95. The monoisotopic (exact) mass is 631 g/mol. The standard InChI is InChI=1S/C30H35BrFN3O4S/c1-5-22(3)33-30(37)28(18-23-11-7-6-8-12-23)34(19-24-13-9-10-14-27(24)32)29(36)20-35(40(4,38)39)25-15-16-26(31)21(2)17-25/h6-17,22,28H,5,18-20H2,1-4H3,(H,33,37)/t22-,28+/m1/s1. The number of sulfonamides is 1. The van der Waals surface area contributed by atoms with Gasteiger partial charge < -0.3 is 10.2 Å². The van der Waals surface area contributed by atoms with Crippen LogP contribution in [0.2, 0.25) is 0 Å². The van der Waals surface area contributed by atoms with Crippen molar-refractivity contribution in [3.05, 3.63) is 99.8 Å². The SMILES string of the molecule is CC[C@@H](C)NC(=O)[C@H](Cc1ccccc1)N(Cc1ccccc1F)C(=O)CN(c1ccc(Br)c(C)c1)S(C)(=O)=O. The first-order valence-corrected chi connectivity index (χ1v) is 15.7. The van der Waals surface area contributed by atoms with Gasteiger partial charge in [-0.25, -0.2) is 12.8 Å². The van der Waals surface area contributed by atoms with E-state index in [1.165, 1.54) is 11.0 Å². The summed E-state index contributed by atoms with van der Waals surface area (Å²) in [5.41, 5.74) is 2.13. The molecule has 0 bridgehead atoms. The van der Waals surface area contributed by atoms with Gasteiger partial charge in [0.1, 0.15) is 18.4 Å². The quantitative estimate of drug-likeness (QED) is 0.297. The van der Waals surface area contributed by atoms with Gasteiger partial charge in [-0.3, -0.25) is 13.9 Å². The third-order valence-electron chi connectivity index (χ3n) is 6.68. The number of hydrogen-bond acceptors (Lipinski definition) is 4. The summed E-state index contributed by atoms with van der Waals surface area (Å²) in [4.78, 5) is 29.0. The predicted octanol–water partition coefficient (Wildman–Crippen LogP) is 5.22. The van der Waals surface area contributed by atoms with Gasteiger partial charge in [-0.05, 0) is 55.7 Å². The highest BCUT2D eigenvalue weighted by atomic mass is 79.9. The summed E-state index contributed by atoms with van der Waals surface area (Å²) >= 11 is 3.42. The zero-order valence-electron chi connectivity index (χ0n) is 23.1. The van der Waals surface area contributed by atoms with Gasteiger partial charge in [-0.15, -0.1) is 0 Å². The van der Waals surface area contributed by atoms with Crippen molar-refractivity contribution in [3.8, 4) is 0 Å². The normalized spacial score (nSPS) is 12.8. The Hall–Kier alpha value is -3.24. The van der Waals surface area contributed by atoms with Gasteiger partial charge in [-0.1, -0.05) is 71.4 Å². The minimum atomic E-state index is -3.89. The van der Waals surface area contributed by atoms with E-state index in [9.17, 15) is 22.4 Å². The van der Waals surface area contributed by atoms with Crippen LogP contribution in [0.1, 0.15) is 37.0 Å². The molecule has 0 aliphatic carbocycles. The number of amides is 2. The Kier molecular flexibility index (Phi) is 10.9. The van der Waals surface area contributed by atoms with Crippen LogP contribution in [0.4, 0.5) is 10.1 Å². The number of hydrogen-bond donors (Lipinski definition) is 1. The molecule has 40 heavy (non-hydrogen) atoms. The van der Waals surface area contributed by atoms with Crippen LogP contribution < -0.4 is 9.62 Å². The maximum Gasteiger partial charge on any atom is 0.244 e. The molecule has 3 aromatic rings. The first-order valence-electron chi connectivity index (χ1n) is 13.0. The van der Waals surface area contributed by atoms with E-state index in [0.29, 0.717) is 12.1 Å². The van der Waals surface area contributed by atoms with Gasteiger partial charge >= 0.3 is 0 Å². The Morgan fingerprint density at radius 3 is 2.27 bits per heavy atom. The van der Waals surface area contributed by atoms with E-state index in [-0.39, 0.29) is 24.6 Å². The molecule has 3 aromatic carbocycles. The van der Waals surface area contributed by atoms with Crippen molar-refractivity contribution in [2.75, 3.05) is 17.1 Å². The van der Waals surface area contributed by atoms with Crippen LogP contribution in [0, 0.1) is 12.7 Å². The van der Waals surface area contributed by atoms with Crippen molar-refractivity contribution >= 4 is 43.5 Å². The zero-order valence-corrected chi connectivity index (χ0v) is 25.5. The van der Waals surface area contributed by atoms with Crippen LogP contribution >= 0.6 is 15.9 Å². The molecule has 0 radical (unpaired) electrons. The molecule has 0 saturated carbocycles. The Balaban J connectivity index is 2.08. The lowest BCUT2D eigenvalue weighted by Gasteiger charge is -2.34. The number of nitrogens with one attached hydrogen (secondary N) is 1.